The van der Waals surface area contributed by atoms with E-state index in [9.17, 15) is 20.4 Å². The van der Waals surface area contributed by atoms with Crippen molar-refractivity contribution in [3.8, 4) is 12.1 Å². The minimum Gasteiger partial charge on any atom is -0.453 e. The first-order valence-electron chi connectivity index (χ1n) is 13.6. The zero-order valence-corrected chi connectivity index (χ0v) is 24.2. The molecule has 0 radical (unpaired) electrons. The van der Waals surface area contributed by atoms with Crippen molar-refractivity contribution >= 4 is 46.5 Å². The number of aliphatic hydroxyl groups is 1. The third-order valence-corrected chi connectivity index (χ3v) is 7.46. The smallest absolute Gasteiger partial charge is 0.407 e. The van der Waals surface area contributed by atoms with Crippen molar-refractivity contribution in [1.29, 1.82) is 10.5 Å². The molecule has 14 nitrogen and oxygen atoms in total. The Morgan fingerprint density at radius 2 is 2.02 bits per heavy atom. The molecule has 2 fully saturated rings. The molecule has 1 amide bonds. The molecule has 0 bridgehead atoms. The average Bonchev–Trinajstić information content (AvgIpc) is 3.68. The fourth-order valence-electron chi connectivity index (χ4n) is 4.79. The molecule has 42 heavy (non-hydrogen) atoms. The Balaban J connectivity index is 1.45. The lowest BCUT2D eigenvalue weighted by molar-refractivity contribution is 0.0737. The first-order valence-corrected chi connectivity index (χ1v) is 13.9. The van der Waals surface area contributed by atoms with Crippen molar-refractivity contribution in [2.24, 2.45) is 0 Å². The number of ether oxygens (including phenoxy) is 1. The summed E-state index contributed by atoms with van der Waals surface area (Å²) in [6.45, 7) is 4.64. The van der Waals surface area contributed by atoms with Gasteiger partial charge in [0.05, 0.1) is 53.0 Å². The standard InChI is InChI=1S/C27H32ClN11O3/c1-27(2,41)14-32-20-13-38(7-6-18(20)35-26(40)42-3)21-9-15(10-29)8-19(22(21)28)34-25-36-23(33-16-4-5-16)24-31-12-17(11-30)39(24)37-25/h8-9,12,16,18,20,32,41H,4-7,13-14H2,1-3H3,(H,35,40)(H2,33,34,36,37)/t18-,20-/m0/s1. The van der Waals surface area contributed by atoms with E-state index in [1.165, 1.54) is 17.8 Å². The van der Waals surface area contributed by atoms with Gasteiger partial charge in [0.2, 0.25) is 5.95 Å². The average molecular weight is 594 g/mol. The number of piperidine rings is 1. The maximum atomic E-state index is 12.0. The highest BCUT2D eigenvalue weighted by atomic mass is 35.5. The molecule has 3 aromatic rings. The van der Waals surface area contributed by atoms with E-state index in [2.05, 4.69) is 48.5 Å². The normalized spacial score (nSPS) is 18.7. The lowest BCUT2D eigenvalue weighted by atomic mass is 9.97. The third kappa shape index (κ3) is 6.57. The maximum absolute atomic E-state index is 12.0. The van der Waals surface area contributed by atoms with Crippen LogP contribution in [0.5, 0.6) is 0 Å². The highest BCUT2D eigenvalue weighted by Crippen LogP contribution is 2.37. The number of imidazole rings is 1. The molecule has 1 aromatic carbocycles. The molecule has 1 saturated heterocycles. The lowest BCUT2D eigenvalue weighted by Gasteiger charge is -2.41. The number of fused-ring (bicyclic) bond motifs is 1. The second kappa shape index (κ2) is 11.9. The van der Waals surface area contributed by atoms with Crippen LogP contribution >= 0.6 is 11.6 Å². The minimum absolute atomic E-state index is 0.175. The van der Waals surface area contributed by atoms with Crippen LogP contribution in [0.25, 0.3) is 5.65 Å². The highest BCUT2D eigenvalue weighted by molar-refractivity contribution is 6.36. The van der Waals surface area contributed by atoms with E-state index in [1.54, 1.807) is 26.0 Å². The number of aromatic nitrogens is 4. The molecule has 1 saturated carbocycles. The van der Waals surface area contributed by atoms with Gasteiger partial charge in [0.15, 0.2) is 17.2 Å². The van der Waals surface area contributed by atoms with Crippen molar-refractivity contribution in [3.05, 3.63) is 34.6 Å². The summed E-state index contributed by atoms with van der Waals surface area (Å²) in [4.78, 5) is 22.9. The van der Waals surface area contributed by atoms with Gasteiger partial charge in [0, 0.05) is 31.7 Å². The van der Waals surface area contributed by atoms with Gasteiger partial charge in [0.1, 0.15) is 6.07 Å². The monoisotopic (exact) mass is 593 g/mol. The van der Waals surface area contributed by atoms with Crippen molar-refractivity contribution in [3.63, 3.8) is 0 Å². The summed E-state index contributed by atoms with van der Waals surface area (Å²) >= 11 is 6.94. The van der Waals surface area contributed by atoms with Gasteiger partial charge in [-0.25, -0.2) is 9.78 Å². The summed E-state index contributed by atoms with van der Waals surface area (Å²) in [5, 5.41) is 47.2. The molecule has 2 atom stereocenters. The van der Waals surface area contributed by atoms with Gasteiger partial charge in [-0.3, -0.25) is 0 Å². The molecular weight excluding hydrogens is 562 g/mol. The first kappa shape index (κ1) is 29.1. The van der Waals surface area contributed by atoms with Gasteiger partial charge in [-0.1, -0.05) is 11.6 Å². The highest BCUT2D eigenvalue weighted by Gasteiger charge is 2.33. The molecule has 2 aromatic heterocycles. The number of nitrogens with one attached hydrogen (secondary N) is 4. The summed E-state index contributed by atoms with van der Waals surface area (Å²) in [5.41, 5.74) is 1.11. The lowest BCUT2D eigenvalue weighted by Crippen LogP contribution is -2.61. The number of benzene rings is 1. The van der Waals surface area contributed by atoms with E-state index in [4.69, 9.17) is 16.3 Å². The summed E-state index contributed by atoms with van der Waals surface area (Å²) in [6, 6.07) is 7.37. The summed E-state index contributed by atoms with van der Waals surface area (Å²) in [6.07, 6.45) is 3.49. The molecule has 0 unspecified atom stereocenters. The van der Waals surface area contributed by atoms with Crippen LogP contribution in [0, 0.1) is 22.7 Å². The van der Waals surface area contributed by atoms with Gasteiger partial charge in [-0.2, -0.15) is 20.0 Å². The van der Waals surface area contributed by atoms with E-state index < -0.39 is 11.7 Å². The number of halogens is 1. The molecule has 2 aliphatic rings. The molecule has 0 spiro atoms. The zero-order valence-electron chi connectivity index (χ0n) is 23.5. The molecule has 1 aliphatic carbocycles. The van der Waals surface area contributed by atoms with Crippen LogP contribution in [0.15, 0.2) is 18.3 Å². The number of anilines is 4. The number of methoxy groups -OCH3 is 1. The van der Waals surface area contributed by atoms with E-state index in [0.717, 1.165) is 12.8 Å². The molecule has 1 aliphatic heterocycles. The quantitative estimate of drug-likeness (QED) is 0.244. The maximum Gasteiger partial charge on any atom is 0.407 e. The van der Waals surface area contributed by atoms with Crippen LogP contribution in [0.1, 0.15) is 44.4 Å². The van der Waals surface area contributed by atoms with Gasteiger partial charge in [-0.15, -0.1) is 5.10 Å². The number of nitriles is 2. The predicted octanol–water partition coefficient (Wildman–Crippen LogP) is 2.50. The Labute approximate surface area is 247 Å². The van der Waals surface area contributed by atoms with Crippen LogP contribution in [-0.4, -0.2) is 81.3 Å². The summed E-state index contributed by atoms with van der Waals surface area (Å²) in [5.74, 6) is 0.666. The molecular formula is C27H32ClN11O3. The van der Waals surface area contributed by atoms with Crippen LogP contribution in [-0.2, 0) is 4.74 Å². The summed E-state index contributed by atoms with van der Waals surface area (Å²) < 4.78 is 6.22. The largest absolute Gasteiger partial charge is 0.453 e. The van der Waals surface area contributed by atoms with E-state index in [-0.39, 0.29) is 29.8 Å². The van der Waals surface area contributed by atoms with Gasteiger partial charge >= 0.3 is 6.09 Å². The Morgan fingerprint density at radius 1 is 1.24 bits per heavy atom. The predicted molar refractivity (Wildman–Crippen MR) is 156 cm³/mol. The number of alkyl carbamates (subject to hydrolysis) is 1. The number of carbonyl (C=O) groups is 1. The fraction of sp³-hybridized carbons (Fsp3) is 0.481. The molecule has 15 heteroatoms. The Morgan fingerprint density at radius 3 is 2.69 bits per heavy atom. The molecule has 5 N–H and O–H groups in total. The number of hydrogen-bond donors (Lipinski definition) is 5. The number of hydrogen-bond acceptors (Lipinski definition) is 12. The fourth-order valence-corrected chi connectivity index (χ4v) is 5.06. The van der Waals surface area contributed by atoms with E-state index in [0.29, 0.717) is 59.5 Å². The number of amides is 1. The number of nitrogens with zero attached hydrogens (tertiary/aromatic N) is 7. The van der Waals surface area contributed by atoms with Gasteiger partial charge in [-0.05, 0) is 45.2 Å². The number of carbonyl (C=O) groups excluding carboxylic acids is 1. The van der Waals surface area contributed by atoms with Crippen molar-refractivity contribution < 1.29 is 14.6 Å². The number of rotatable bonds is 9. The van der Waals surface area contributed by atoms with Crippen molar-refractivity contribution in [2.75, 3.05) is 42.3 Å². The molecule has 3 heterocycles. The van der Waals surface area contributed by atoms with Crippen LogP contribution in [0.3, 0.4) is 0 Å². The van der Waals surface area contributed by atoms with Crippen LogP contribution in [0.2, 0.25) is 5.02 Å². The first-order chi connectivity index (χ1) is 20.1. The van der Waals surface area contributed by atoms with Crippen LogP contribution in [0.4, 0.5) is 27.9 Å². The van der Waals surface area contributed by atoms with Gasteiger partial charge < -0.3 is 36.0 Å². The Kier molecular flexibility index (Phi) is 8.22. The van der Waals surface area contributed by atoms with Crippen molar-refractivity contribution in [2.45, 2.75) is 56.8 Å². The topological polar surface area (TPSA) is 189 Å². The summed E-state index contributed by atoms with van der Waals surface area (Å²) in [7, 11) is 1.31. The van der Waals surface area contributed by atoms with Crippen LogP contribution < -0.4 is 26.2 Å². The minimum atomic E-state index is -0.970. The molecule has 5 rings (SSSR count). The van der Waals surface area contributed by atoms with E-state index in [1.807, 2.05) is 4.90 Å². The third-order valence-electron chi connectivity index (χ3n) is 7.06. The Hall–Kier alpha value is -4.37. The Bertz CT molecular complexity index is 1570. The second-order valence-corrected chi connectivity index (χ2v) is 11.4. The second-order valence-electron chi connectivity index (χ2n) is 11.1. The SMILES string of the molecule is COC(=O)N[C@H]1CCN(c2cc(C#N)cc(Nc3nc(NC4CC4)c4ncc(C#N)n4n3)c2Cl)C[C@@H]1NCC(C)(C)O. The van der Waals surface area contributed by atoms with Crippen molar-refractivity contribution in [1.82, 2.24) is 30.2 Å². The van der Waals surface area contributed by atoms with Gasteiger partial charge in [0.25, 0.3) is 0 Å². The zero-order chi connectivity index (χ0) is 30.0. The molecule has 220 valence electrons. The van der Waals surface area contributed by atoms with E-state index >= 15 is 0 Å².